The summed E-state index contributed by atoms with van der Waals surface area (Å²) in [5, 5.41) is 2.73. The van der Waals surface area contributed by atoms with Crippen molar-refractivity contribution in [3.05, 3.63) is 42.5 Å². The fourth-order valence-corrected chi connectivity index (χ4v) is 2.40. The van der Waals surface area contributed by atoms with Crippen molar-refractivity contribution in [2.24, 2.45) is 0 Å². The molecule has 0 spiro atoms. The molecule has 0 bridgehead atoms. The van der Waals surface area contributed by atoms with Crippen molar-refractivity contribution >= 4 is 7.75 Å². The Balaban J connectivity index is 2.07. The molecule has 15 heavy (non-hydrogen) atoms. The van der Waals surface area contributed by atoms with Gasteiger partial charge in [0, 0.05) is 6.54 Å². The Morgan fingerprint density at radius 1 is 1.27 bits per heavy atom. The lowest BCUT2D eigenvalue weighted by Gasteiger charge is -2.16. The van der Waals surface area contributed by atoms with E-state index in [1.807, 2.05) is 24.3 Å². The molecule has 5 heteroatoms. The van der Waals surface area contributed by atoms with Crippen molar-refractivity contribution in [3.8, 4) is 5.75 Å². The molecule has 1 aromatic rings. The summed E-state index contributed by atoms with van der Waals surface area (Å²) in [5.41, 5.74) is 0. The number of hydrogen-bond donors (Lipinski definition) is 1. The van der Waals surface area contributed by atoms with E-state index in [2.05, 4.69) is 5.09 Å². The molecule has 1 atom stereocenters. The topological polar surface area (TPSA) is 47.6 Å². The summed E-state index contributed by atoms with van der Waals surface area (Å²) in [6, 6.07) is 8.98. The lowest BCUT2D eigenvalue weighted by atomic mass is 10.3. The van der Waals surface area contributed by atoms with Crippen LogP contribution in [0.5, 0.6) is 5.75 Å². The molecule has 0 saturated heterocycles. The molecular formula is C10H12NO3P. The highest BCUT2D eigenvalue weighted by molar-refractivity contribution is 7.52. The largest absolute Gasteiger partial charge is 0.459 e. The van der Waals surface area contributed by atoms with E-state index in [0.717, 1.165) is 0 Å². The number of para-hydroxylation sites is 1. The quantitative estimate of drug-likeness (QED) is 0.620. The normalized spacial score (nSPS) is 25.9. The summed E-state index contributed by atoms with van der Waals surface area (Å²) in [6.45, 7) is 0.793. The fraction of sp³-hybridized carbons (Fsp3) is 0.200. The predicted molar refractivity (Wildman–Crippen MR) is 57.8 cm³/mol. The van der Waals surface area contributed by atoms with E-state index in [4.69, 9.17) is 9.05 Å². The van der Waals surface area contributed by atoms with Crippen LogP contribution in [0.25, 0.3) is 0 Å². The third kappa shape index (κ3) is 2.93. The zero-order valence-corrected chi connectivity index (χ0v) is 9.02. The van der Waals surface area contributed by atoms with Gasteiger partial charge in [-0.1, -0.05) is 30.4 Å². The van der Waals surface area contributed by atoms with Crippen LogP contribution in [-0.2, 0) is 9.09 Å². The third-order valence-electron chi connectivity index (χ3n) is 1.88. The summed E-state index contributed by atoms with van der Waals surface area (Å²) >= 11 is 0. The van der Waals surface area contributed by atoms with E-state index in [1.165, 1.54) is 0 Å². The molecule has 1 N–H and O–H groups in total. The smallest absolute Gasteiger partial charge is 0.413 e. The summed E-state index contributed by atoms with van der Waals surface area (Å²) in [6.07, 6.45) is 3.66. The molecule has 1 aliphatic heterocycles. The van der Waals surface area contributed by atoms with Crippen LogP contribution in [0.2, 0.25) is 0 Å². The van der Waals surface area contributed by atoms with Crippen LogP contribution in [0.15, 0.2) is 42.5 Å². The Morgan fingerprint density at radius 2 is 2.07 bits per heavy atom. The lowest BCUT2D eigenvalue weighted by molar-refractivity contribution is 0.287. The third-order valence-corrected chi connectivity index (χ3v) is 3.39. The molecule has 2 rings (SSSR count). The summed E-state index contributed by atoms with van der Waals surface area (Å²) in [5.74, 6) is 0.537. The van der Waals surface area contributed by atoms with Crippen molar-refractivity contribution in [1.29, 1.82) is 0 Å². The second kappa shape index (κ2) is 4.62. The van der Waals surface area contributed by atoms with Gasteiger partial charge in [-0.25, -0.2) is 9.65 Å². The van der Waals surface area contributed by atoms with Gasteiger partial charge in [0.05, 0.1) is 6.61 Å². The van der Waals surface area contributed by atoms with Gasteiger partial charge in [-0.2, -0.15) is 0 Å². The van der Waals surface area contributed by atoms with Gasteiger partial charge in [0.1, 0.15) is 5.75 Å². The number of rotatable bonds is 2. The first-order valence-electron chi connectivity index (χ1n) is 4.68. The molecule has 0 saturated carbocycles. The Labute approximate surface area is 88.5 Å². The lowest BCUT2D eigenvalue weighted by Crippen LogP contribution is -2.14. The van der Waals surface area contributed by atoms with Crippen LogP contribution in [0, 0.1) is 0 Å². The molecule has 4 nitrogen and oxygen atoms in total. The Hall–Kier alpha value is -1.09. The predicted octanol–water partition coefficient (Wildman–Crippen LogP) is 2.35. The Bertz CT molecular complexity index is 377. The van der Waals surface area contributed by atoms with E-state index < -0.39 is 7.75 Å². The monoisotopic (exact) mass is 225 g/mol. The Morgan fingerprint density at radius 3 is 2.87 bits per heavy atom. The van der Waals surface area contributed by atoms with Gasteiger partial charge in [0.15, 0.2) is 0 Å². The van der Waals surface area contributed by atoms with E-state index in [9.17, 15) is 4.57 Å². The number of nitrogens with one attached hydrogen (secondary N) is 1. The van der Waals surface area contributed by atoms with Crippen molar-refractivity contribution in [2.45, 2.75) is 0 Å². The van der Waals surface area contributed by atoms with E-state index >= 15 is 0 Å². The Kier molecular flexibility index (Phi) is 3.21. The van der Waals surface area contributed by atoms with Crippen molar-refractivity contribution in [3.63, 3.8) is 0 Å². The highest BCUT2D eigenvalue weighted by atomic mass is 31.2. The van der Waals surface area contributed by atoms with Crippen LogP contribution < -0.4 is 9.61 Å². The molecular weight excluding hydrogens is 213 g/mol. The minimum atomic E-state index is -3.19. The second-order valence-electron chi connectivity index (χ2n) is 3.03. The zero-order valence-electron chi connectivity index (χ0n) is 8.13. The molecule has 0 radical (unpaired) electrons. The molecule has 1 unspecified atom stereocenters. The average molecular weight is 225 g/mol. The van der Waals surface area contributed by atoms with E-state index in [0.29, 0.717) is 18.9 Å². The first-order chi connectivity index (χ1) is 7.29. The maximum Gasteiger partial charge on any atom is 0.459 e. The van der Waals surface area contributed by atoms with Gasteiger partial charge >= 0.3 is 7.75 Å². The van der Waals surface area contributed by atoms with Crippen LogP contribution in [0.3, 0.4) is 0 Å². The van der Waals surface area contributed by atoms with Gasteiger partial charge in [-0.3, -0.25) is 4.52 Å². The van der Waals surface area contributed by atoms with Crippen LogP contribution in [-0.4, -0.2) is 13.2 Å². The zero-order chi connectivity index (χ0) is 10.6. The first-order valence-corrected chi connectivity index (χ1v) is 6.22. The standard InChI is InChI=1S/C10H12NO3P/c12-15(11-8-4-5-9-13-15)14-10-6-2-1-3-7-10/h1-7H,8-9H2,(H,11,12). The summed E-state index contributed by atoms with van der Waals surface area (Å²) < 4.78 is 22.5. The fourth-order valence-electron chi connectivity index (χ4n) is 1.18. The molecule has 0 aliphatic carbocycles. The SMILES string of the molecule is O=P1(Oc2ccccc2)NCC=CCO1. The summed E-state index contributed by atoms with van der Waals surface area (Å²) in [4.78, 5) is 0. The molecule has 0 fully saturated rings. The molecule has 1 heterocycles. The maximum absolute atomic E-state index is 12.0. The molecule has 80 valence electrons. The highest BCUT2D eigenvalue weighted by Gasteiger charge is 2.26. The van der Waals surface area contributed by atoms with Crippen molar-refractivity contribution in [1.82, 2.24) is 5.09 Å². The van der Waals surface area contributed by atoms with Crippen LogP contribution in [0.1, 0.15) is 0 Å². The van der Waals surface area contributed by atoms with Crippen LogP contribution >= 0.6 is 7.75 Å². The van der Waals surface area contributed by atoms with Gasteiger partial charge in [0.2, 0.25) is 0 Å². The molecule has 1 aromatic carbocycles. The summed E-state index contributed by atoms with van der Waals surface area (Å²) in [7, 11) is -3.19. The van der Waals surface area contributed by atoms with Crippen LogP contribution in [0.4, 0.5) is 0 Å². The van der Waals surface area contributed by atoms with E-state index in [-0.39, 0.29) is 0 Å². The molecule has 1 aliphatic rings. The average Bonchev–Trinajstić information content (AvgIpc) is 2.45. The van der Waals surface area contributed by atoms with Crippen molar-refractivity contribution < 1.29 is 13.6 Å². The first kappa shape index (κ1) is 10.4. The minimum Gasteiger partial charge on any atom is -0.413 e. The number of benzene rings is 1. The highest BCUT2D eigenvalue weighted by Crippen LogP contribution is 2.44. The van der Waals surface area contributed by atoms with Gasteiger partial charge < -0.3 is 4.52 Å². The molecule has 0 amide bonds. The van der Waals surface area contributed by atoms with Crippen molar-refractivity contribution in [2.75, 3.05) is 13.2 Å². The second-order valence-corrected chi connectivity index (χ2v) is 4.78. The minimum absolute atomic E-state index is 0.303. The molecule has 0 aromatic heterocycles. The van der Waals surface area contributed by atoms with Gasteiger partial charge in [0.25, 0.3) is 0 Å². The van der Waals surface area contributed by atoms with Gasteiger partial charge in [-0.05, 0) is 12.1 Å². The number of hydrogen-bond acceptors (Lipinski definition) is 3. The van der Waals surface area contributed by atoms with E-state index in [1.54, 1.807) is 18.2 Å². The maximum atomic E-state index is 12.0. The van der Waals surface area contributed by atoms with Gasteiger partial charge in [-0.15, -0.1) is 0 Å².